The molecule has 1 atom stereocenters. The molecule has 1 rings (SSSR count). The number of nitrogens with two attached hydrogens (primary N) is 1. The fourth-order valence-corrected chi connectivity index (χ4v) is 1.46. The summed E-state index contributed by atoms with van der Waals surface area (Å²) >= 11 is 0. The Morgan fingerprint density at radius 3 is 2.69 bits per heavy atom. The number of nitro groups is 1. The molecule has 6 heteroatoms. The second-order valence-electron chi connectivity index (χ2n) is 3.36. The van der Waals surface area contributed by atoms with Crippen LogP contribution in [-0.4, -0.2) is 4.92 Å². The van der Waals surface area contributed by atoms with Crippen molar-refractivity contribution in [2.24, 2.45) is 5.73 Å². The van der Waals surface area contributed by atoms with Crippen molar-refractivity contribution < 1.29 is 9.31 Å². The van der Waals surface area contributed by atoms with Gasteiger partial charge in [-0.2, -0.15) is 0 Å². The van der Waals surface area contributed by atoms with E-state index in [1.807, 2.05) is 6.92 Å². The van der Waals surface area contributed by atoms with Crippen molar-refractivity contribution >= 4 is 18.1 Å². The van der Waals surface area contributed by atoms with Gasteiger partial charge in [0, 0.05) is 17.7 Å². The van der Waals surface area contributed by atoms with Crippen LogP contribution in [0.1, 0.15) is 31.4 Å². The Kier molecular flexibility index (Phi) is 5.92. The van der Waals surface area contributed by atoms with Crippen molar-refractivity contribution in [2.75, 3.05) is 0 Å². The Balaban J connectivity index is 0.00000225. The summed E-state index contributed by atoms with van der Waals surface area (Å²) in [7, 11) is 0. The molecule has 16 heavy (non-hydrogen) atoms. The van der Waals surface area contributed by atoms with Gasteiger partial charge in [0.25, 0.3) is 5.69 Å². The topological polar surface area (TPSA) is 69.2 Å². The molecule has 0 radical (unpaired) electrons. The lowest BCUT2D eigenvalue weighted by Gasteiger charge is -2.10. The van der Waals surface area contributed by atoms with E-state index in [0.29, 0.717) is 6.42 Å². The normalized spacial score (nSPS) is 11.7. The molecule has 0 aliphatic rings. The highest BCUT2D eigenvalue weighted by atomic mass is 35.5. The van der Waals surface area contributed by atoms with E-state index in [9.17, 15) is 14.5 Å². The SMILES string of the molecule is CCC[C@@H](N)c1cc(F)ccc1[N+](=O)[O-].Cl. The van der Waals surface area contributed by atoms with Gasteiger partial charge in [-0.25, -0.2) is 4.39 Å². The first kappa shape index (κ1) is 14.8. The molecule has 0 unspecified atom stereocenters. The zero-order valence-electron chi connectivity index (χ0n) is 8.85. The maximum atomic E-state index is 12.9. The molecule has 0 aliphatic heterocycles. The number of rotatable bonds is 4. The highest BCUT2D eigenvalue weighted by Crippen LogP contribution is 2.26. The second kappa shape index (κ2) is 6.40. The Hall–Kier alpha value is -1.20. The molecule has 4 nitrogen and oxygen atoms in total. The summed E-state index contributed by atoms with van der Waals surface area (Å²) in [5, 5.41) is 10.7. The molecule has 1 aromatic carbocycles. The number of halogens is 2. The summed E-state index contributed by atoms with van der Waals surface area (Å²) in [4.78, 5) is 10.1. The monoisotopic (exact) mass is 248 g/mol. The van der Waals surface area contributed by atoms with E-state index in [2.05, 4.69) is 0 Å². The number of nitro benzene ring substituents is 1. The fourth-order valence-electron chi connectivity index (χ4n) is 1.46. The molecule has 0 saturated heterocycles. The summed E-state index contributed by atoms with van der Waals surface area (Å²) in [6.45, 7) is 1.92. The van der Waals surface area contributed by atoms with Crippen molar-refractivity contribution in [1.29, 1.82) is 0 Å². The van der Waals surface area contributed by atoms with Crippen LogP contribution in [-0.2, 0) is 0 Å². The van der Waals surface area contributed by atoms with Gasteiger partial charge in [-0.3, -0.25) is 10.1 Å². The van der Waals surface area contributed by atoms with Gasteiger partial charge in [0.2, 0.25) is 0 Å². The quantitative estimate of drug-likeness (QED) is 0.658. The average Bonchev–Trinajstić information content (AvgIpc) is 2.17. The molecule has 0 fully saturated rings. The van der Waals surface area contributed by atoms with Crippen LogP contribution in [0.3, 0.4) is 0 Å². The molecule has 0 amide bonds. The van der Waals surface area contributed by atoms with E-state index >= 15 is 0 Å². The zero-order valence-corrected chi connectivity index (χ0v) is 9.67. The molecular formula is C10H14ClFN2O2. The van der Waals surface area contributed by atoms with E-state index in [1.165, 1.54) is 0 Å². The minimum atomic E-state index is -0.537. The minimum Gasteiger partial charge on any atom is -0.324 e. The Labute approximate surface area is 99.2 Å². The first-order chi connectivity index (χ1) is 7.06. The van der Waals surface area contributed by atoms with Gasteiger partial charge < -0.3 is 5.73 Å². The van der Waals surface area contributed by atoms with E-state index in [1.54, 1.807) is 0 Å². The Morgan fingerprint density at radius 2 is 2.19 bits per heavy atom. The van der Waals surface area contributed by atoms with Crippen molar-refractivity contribution in [1.82, 2.24) is 0 Å². The fraction of sp³-hybridized carbons (Fsp3) is 0.400. The van der Waals surface area contributed by atoms with Gasteiger partial charge in [0.15, 0.2) is 0 Å². The lowest BCUT2D eigenvalue weighted by atomic mass is 10.0. The maximum Gasteiger partial charge on any atom is 0.274 e. The van der Waals surface area contributed by atoms with Gasteiger partial charge in [-0.1, -0.05) is 13.3 Å². The van der Waals surface area contributed by atoms with Crippen LogP contribution in [0, 0.1) is 15.9 Å². The maximum absolute atomic E-state index is 12.9. The summed E-state index contributed by atoms with van der Waals surface area (Å²) in [5.41, 5.74) is 5.89. The molecule has 0 bridgehead atoms. The summed E-state index contributed by atoms with van der Waals surface area (Å²) in [6, 6.07) is 2.88. The van der Waals surface area contributed by atoms with Crippen LogP contribution < -0.4 is 5.73 Å². The third-order valence-corrected chi connectivity index (χ3v) is 2.19. The van der Waals surface area contributed by atoms with Crippen LogP contribution in [0.15, 0.2) is 18.2 Å². The number of nitrogens with zero attached hydrogens (tertiary/aromatic N) is 1. The van der Waals surface area contributed by atoms with Crippen LogP contribution in [0.25, 0.3) is 0 Å². The Bertz CT molecular complexity index is 374. The Morgan fingerprint density at radius 1 is 1.56 bits per heavy atom. The first-order valence-corrected chi connectivity index (χ1v) is 4.75. The van der Waals surface area contributed by atoms with Crippen LogP contribution in [0.4, 0.5) is 10.1 Å². The molecular weight excluding hydrogens is 235 g/mol. The molecule has 0 saturated carbocycles. The van der Waals surface area contributed by atoms with Crippen molar-refractivity contribution in [3.63, 3.8) is 0 Å². The molecule has 90 valence electrons. The van der Waals surface area contributed by atoms with E-state index in [-0.39, 0.29) is 23.7 Å². The van der Waals surface area contributed by atoms with Gasteiger partial charge in [0.05, 0.1) is 4.92 Å². The van der Waals surface area contributed by atoms with Crippen molar-refractivity contribution in [3.8, 4) is 0 Å². The molecule has 0 aliphatic carbocycles. The van der Waals surface area contributed by atoms with Gasteiger partial charge >= 0.3 is 0 Å². The third kappa shape index (κ3) is 3.43. The predicted molar refractivity (Wildman–Crippen MR) is 62.1 cm³/mol. The van der Waals surface area contributed by atoms with Gasteiger partial charge in [-0.15, -0.1) is 12.4 Å². The van der Waals surface area contributed by atoms with Crippen LogP contribution >= 0.6 is 12.4 Å². The summed E-state index contributed by atoms with van der Waals surface area (Å²) in [6.07, 6.45) is 1.40. The summed E-state index contributed by atoms with van der Waals surface area (Å²) in [5.74, 6) is -0.498. The molecule has 0 spiro atoms. The molecule has 0 aromatic heterocycles. The van der Waals surface area contributed by atoms with Crippen molar-refractivity contribution in [2.45, 2.75) is 25.8 Å². The number of hydrogen-bond donors (Lipinski definition) is 1. The number of benzene rings is 1. The lowest BCUT2D eigenvalue weighted by molar-refractivity contribution is -0.385. The van der Waals surface area contributed by atoms with Gasteiger partial charge in [0.1, 0.15) is 5.82 Å². The van der Waals surface area contributed by atoms with Crippen molar-refractivity contribution in [3.05, 3.63) is 39.7 Å². The molecule has 2 N–H and O–H groups in total. The third-order valence-electron chi connectivity index (χ3n) is 2.19. The zero-order chi connectivity index (χ0) is 11.4. The standard InChI is InChI=1S/C10H13FN2O2.ClH/c1-2-3-9(12)8-6-7(11)4-5-10(8)13(14)15;/h4-6,9H,2-3,12H2,1H3;1H/t9-;/m1./s1. The lowest BCUT2D eigenvalue weighted by Crippen LogP contribution is -2.12. The molecule has 1 aromatic rings. The van der Waals surface area contributed by atoms with E-state index in [0.717, 1.165) is 24.6 Å². The van der Waals surface area contributed by atoms with E-state index in [4.69, 9.17) is 5.73 Å². The minimum absolute atomic E-state index is 0. The highest BCUT2D eigenvalue weighted by molar-refractivity contribution is 5.85. The predicted octanol–water partition coefficient (Wildman–Crippen LogP) is 2.96. The second-order valence-corrected chi connectivity index (χ2v) is 3.36. The summed E-state index contributed by atoms with van der Waals surface area (Å²) < 4.78 is 12.9. The first-order valence-electron chi connectivity index (χ1n) is 4.75. The average molecular weight is 249 g/mol. The highest BCUT2D eigenvalue weighted by Gasteiger charge is 2.19. The molecule has 0 heterocycles. The van der Waals surface area contributed by atoms with Gasteiger partial charge in [-0.05, 0) is 18.6 Å². The van der Waals surface area contributed by atoms with Crippen LogP contribution in [0.2, 0.25) is 0 Å². The largest absolute Gasteiger partial charge is 0.324 e. The van der Waals surface area contributed by atoms with E-state index < -0.39 is 16.8 Å². The smallest absolute Gasteiger partial charge is 0.274 e. The number of hydrogen-bond acceptors (Lipinski definition) is 3. The van der Waals surface area contributed by atoms with Crippen LogP contribution in [0.5, 0.6) is 0 Å².